The molecule has 0 aliphatic rings. The van der Waals surface area contributed by atoms with Crippen LogP contribution in [0.1, 0.15) is 18.1 Å². The molecule has 0 aromatic heterocycles. The van der Waals surface area contributed by atoms with Gasteiger partial charge in [-0.15, -0.1) is 24.0 Å². The lowest BCUT2D eigenvalue weighted by atomic mass is 10.2. The molecule has 0 fully saturated rings. The van der Waals surface area contributed by atoms with Crippen LogP contribution in [0.5, 0.6) is 0 Å². The summed E-state index contributed by atoms with van der Waals surface area (Å²) in [5.41, 5.74) is 1.01. The van der Waals surface area contributed by atoms with Gasteiger partial charge in [0.25, 0.3) is 0 Å². The van der Waals surface area contributed by atoms with E-state index in [1.165, 1.54) is 26.2 Å². The number of hydrogen-bond donors (Lipinski definition) is 2. The fourth-order valence-electron chi connectivity index (χ4n) is 2.35. The Bertz CT molecular complexity index is 936. The van der Waals surface area contributed by atoms with Crippen LogP contribution in [0, 0.1) is 11.6 Å². The van der Waals surface area contributed by atoms with Gasteiger partial charge in [0.15, 0.2) is 5.96 Å². The summed E-state index contributed by atoms with van der Waals surface area (Å²) in [7, 11) is -0.523. The average molecular weight is 538 g/mol. The molecule has 2 N–H and O–H groups in total. The standard InChI is InChI=1S/C19H24F2N4O2S.HI/c1-4-22-19(24-13-15-11-16(20)7-10-18(15)21)23-12-14-5-8-17(9-6-14)28(26,27)25(2)3;/h5-11H,4,12-13H2,1-3H3,(H2,22,23,24);1H. The minimum Gasteiger partial charge on any atom is -0.357 e. The third-order valence-corrected chi connectivity index (χ3v) is 5.75. The summed E-state index contributed by atoms with van der Waals surface area (Å²) in [6, 6.07) is 9.73. The molecule has 0 aliphatic carbocycles. The maximum atomic E-state index is 13.7. The minimum atomic E-state index is -3.47. The lowest BCUT2D eigenvalue weighted by Gasteiger charge is -2.13. The Hall–Kier alpha value is -1.79. The van der Waals surface area contributed by atoms with Gasteiger partial charge in [-0.2, -0.15) is 0 Å². The van der Waals surface area contributed by atoms with E-state index in [0.717, 1.165) is 28.1 Å². The number of guanidine groups is 1. The SMILES string of the molecule is CCNC(=NCc1ccc(S(=O)(=O)N(C)C)cc1)NCc1cc(F)ccc1F.I. The highest BCUT2D eigenvalue weighted by Crippen LogP contribution is 2.14. The number of rotatable bonds is 7. The van der Waals surface area contributed by atoms with E-state index in [1.807, 2.05) is 6.92 Å². The summed E-state index contributed by atoms with van der Waals surface area (Å²) >= 11 is 0. The fraction of sp³-hybridized carbons (Fsp3) is 0.316. The van der Waals surface area contributed by atoms with Crippen LogP contribution in [0.4, 0.5) is 8.78 Å². The molecule has 0 radical (unpaired) electrons. The Balaban J connectivity index is 0.00000420. The van der Waals surface area contributed by atoms with Crippen LogP contribution in [0.3, 0.4) is 0 Å². The first-order valence-corrected chi connectivity index (χ1v) is 10.2. The Labute approximate surface area is 187 Å². The maximum absolute atomic E-state index is 13.7. The predicted octanol–water partition coefficient (Wildman–Crippen LogP) is 3.09. The highest BCUT2D eigenvalue weighted by atomic mass is 127. The quantitative estimate of drug-likeness (QED) is 0.323. The molecular weight excluding hydrogens is 513 g/mol. The van der Waals surface area contributed by atoms with Gasteiger partial charge >= 0.3 is 0 Å². The molecule has 0 aliphatic heterocycles. The summed E-state index contributed by atoms with van der Waals surface area (Å²) < 4.78 is 52.3. The molecule has 0 unspecified atom stereocenters. The summed E-state index contributed by atoms with van der Waals surface area (Å²) in [6.45, 7) is 2.86. The van der Waals surface area contributed by atoms with Crippen molar-refractivity contribution in [2.45, 2.75) is 24.9 Å². The third kappa shape index (κ3) is 7.19. The lowest BCUT2D eigenvalue weighted by molar-refractivity contribution is 0.520. The fourth-order valence-corrected chi connectivity index (χ4v) is 3.25. The van der Waals surface area contributed by atoms with Crippen molar-refractivity contribution >= 4 is 40.0 Å². The van der Waals surface area contributed by atoms with Gasteiger partial charge in [0, 0.05) is 32.7 Å². The van der Waals surface area contributed by atoms with E-state index < -0.39 is 21.7 Å². The van der Waals surface area contributed by atoms with E-state index in [0.29, 0.717) is 19.0 Å². The number of aliphatic imine (C=N–C) groups is 1. The predicted molar refractivity (Wildman–Crippen MR) is 121 cm³/mol. The first-order chi connectivity index (χ1) is 13.2. The molecule has 2 aromatic rings. The molecule has 6 nitrogen and oxygen atoms in total. The Morgan fingerprint density at radius 1 is 1.07 bits per heavy atom. The number of sulfonamides is 1. The van der Waals surface area contributed by atoms with Crippen LogP contribution in [0.15, 0.2) is 52.4 Å². The molecule has 0 atom stereocenters. The molecule has 0 heterocycles. The van der Waals surface area contributed by atoms with Gasteiger partial charge in [-0.25, -0.2) is 26.5 Å². The van der Waals surface area contributed by atoms with Crippen molar-refractivity contribution in [3.63, 3.8) is 0 Å². The second-order valence-electron chi connectivity index (χ2n) is 6.22. The molecule has 29 heavy (non-hydrogen) atoms. The molecule has 0 amide bonds. The van der Waals surface area contributed by atoms with Crippen LogP contribution < -0.4 is 10.6 Å². The zero-order valence-corrected chi connectivity index (χ0v) is 19.6. The summed E-state index contributed by atoms with van der Waals surface area (Å²) in [5, 5.41) is 5.98. The van der Waals surface area contributed by atoms with E-state index in [1.54, 1.807) is 12.1 Å². The van der Waals surface area contributed by atoms with Crippen molar-refractivity contribution in [3.05, 3.63) is 65.2 Å². The number of halogens is 3. The Morgan fingerprint density at radius 3 is 2.31 bits per heavy atom. The van der Waals surface area contributed by atoms with Gasteiger partial charge in [-0.3, -0.25) is 0 Å². The van der Waals surface area contributed by atoms with Crippen molar-refractivity contribution in [1.82, 2.24) is 14.9 Å². The van der Waals surface area contributed by atoms with E-state index in [4.69, 9.17) is 0 Å². The van der Waals surface area contributed by atoms with Crippen molar-refractivity contribution < 1.29 is 17.2 Å². The molecular formula is C19H25F2IN4O2S. The summed E-state index contributed by atoms with van der Waals surface area (Å²) in [4.78, 5) is 4.60. The molecule has 2 aromatic carbocycles. The van der Waals surface area contributed by atoms with Gasteiger partial charge in [0.05, 0.1) is 11.4 Å². The van der Waals surface area contributed by atoms with Crippen LogP contribution in [0.2, 0.25) is 0 Å². The first-order valence-electron chi connectivity index (χ1n) is 8.71. The highest BCUT2D eigenvalue weighted by Gasteiger charge is 2.16. The van der Waals surface area contributed by atoms with Crippen LogP contribution in [-0.2, 0) is 23.1 Å². The number of nitrogens with zero attached hydrogens (tertiary/aromatic N) is 2. The van der Waals surface area contributed by atoms with E-state index in [9.17, 15) is 17.2 Å². The second-order valence-corrected chi connectivity index (χ2v) is 8.37. The third-order valence-electron chi connectivity index (χ3n) is 3.92. The zero-order chi connectivity index (χ0) is 20.7. The topological polar surface area (TPSA) is 73.8 Å². The van der Waals surface area contributed by atoms with Gasteiger partial charge < -0.3 is 10.6 Å². The van der Waals surface area contributed by atoms with Gasteiger partial charge in [-0.05, 0) is 42.8 Å². The van der Waals surface area contributed by atoms with E-state index in [2.05, 4.69) is 15.6 Å². The summed E-state index contributed by atoms with van der Waals surface area (Å²) in [5.74, 6) is -0.563. The molecule has 2 rings (SSSR count). The van der Waals surface area contributed by atoms with Gasteiger partial charge in [0.2, 0.25) is 10.0 Å². The minimum absolute atomic E-state index is 0. The maximum Gasteiger partial charge on any atom is 0.242 e. The molecule has 10 heteroatoms. The molecule has 0 spiro atoms. The van der Waals surface area contributed by atoms with E-state index >= 15 is 0 Å². The summed E-state index contributed by atoms with van der Waals surface area (Å²) in [6.07, 6.45) is 0. The zero-order valence-electron chi connectivity index (χ0n) is 16.4. The molecule has 0 bridgehead atoms. The number of benzene rings is 2. The smallest absolute Gasteiger partial charge is 0.242 e. The van der Waals surface area contributed by atoms with Crippen LogP contribution in [-0.4, -0.2) is 39.3 Å². The van der Waals surface area contributed by atoms with Crippen molar-refractivity contribution in [1.29, 1.82) is 0 Å². The molecule has 160 valence electrons. The molecule has 0 saturated carbocycles. The van der Waals surface area contributed by atoms with Crippen molar-refractivity contribution in [2.75, 3.05) is 20.6 Å². The van der Waals surface area contributed by atoms with Gasteiger partial charge in [0.1, 0.15) is 11.6 Å². The number of hydrogen-bond acceptors (Lipinski definition) is 3. The average Bonchev–Trinajstić information content (AvgIpc) is 2.66. The highest BCUT2D eigenvalue weighted by molar-refractivity contribution is 14.0. The lowest BCUT2D eigenvalue weighted by Crippen LogP contribution is -2.37. The van der Waals surface area contributed by atoms with Crippen molar-refractivity contribution in [3.8, 4) is 0 Å². The van der Waals surface area contributed by atoms with E-state index in [-0.39, 0.29) is 41.0 Å². The van der Waals surface area contributed by atoms with Crippen molar-refractivity contribution in [2.24, 2.45) is 4.99 Å². The Kier molecular flexibility index (Phi) is 9.93. The second kappa shape index (κ2) is 11.4. The van der Waals surface area contributed by atoms with Crippen LogP contribution >= 0.6 is 24.0 Å². The largest absolute Gasteiger partial charge is 0.357 e. The normalized spacial score (nSPS) is 11.9. The Morgan fingerprint density at radius 2 is 1.72 bits per heavy atom. The number of nitrogens with one attached hydrogen (secondary N) is 2. The van der Waals surface area contributed by atoms with Gasteiger partial charge in [-0.1, -0.05) is 12.1 Å². The monoisotopic (exact) mass is 538 g/mol. The molecule has 0 saturated heterocycles. The first kappa shape index (κ1) is 25.2. The van der Waals surface area contributed by atoms with Crippen LogP contribution in [0.25, 0.3) is 0 Å².